The highest BCUT2D eigenvalue weighted by Gasteiger charge is 2.31. The maximum atomic E-state index is 8.87. The molecule has 1 aliphatic rings. The first-order valence-electron chi connectivity index (χ1n) is 3.20. The molecule has 1 fully saturated rings. The Morgan fingerprint density at radius 3 is 2.78 bits per heavy atom. The molecule has 1 rings (SSSR count). The summed E-state index contributed by atoms with van der Waals surface area (Å²) in [5.74, 6) is 0. The zero-order valence-corrected chi connectivity index (χ0v) is 5.68. The molecule has 0 bridgehead atoms. The largest absolute Gasteiger partial charge is 0.394 e. The zero-order chi connectivity index (χ0) is 6.74. The number of hydrogen-bond acceptors (Lipinski definition) is 3. The van der Waals surface area contributed by atoms with E-state index in [0.29, 0.717) is 6.61 Å². The van der Waals surface area contributed by atoms with Crippen LogP contribution in [0, 0.1) is 0 Å². The van der Waals surface area contributed by atoms with Gasteiger partial charge in [-0.2, -0.15) is 0 Å². The summed E-state index contributed by atoms with van der Waals surface area (Å²) in [6.45, 7) is 1.57. The molecule has 54 valence electrons. The standard InChI is InChI=1S/C6H13NO2/c1-7-6(4-8)2-3-9-5-6/h7-8H,2-5H2,1H3/t6-/m1/s1. The van der Waals surface area contributed by atoms with Crippen LogP contribution in [0.25, 0.3) is 0 Å². The second-order valence-corrected chi connectivity index (χ2v) is 2.49. The summed E-state index contributed by atoms with van der Waals surface area (Å²) in [4.78, 5) is 0. The van der Waals surface area contributed by atoms with Gasteiger partial charge in [0.2, 0.25) is 0 Å². The highest BCUT2D eigenvalue weighted by atomic mass is 16.5. The molecule has 1 saturated heterocycles. The summed E-state index contributed by atoms with van der Waals surface area (Å²) in [6, 6.07) is 0. The number of hydrogen-bond donors (Lipinski definition) is 2. The predicted octanol–water partition coefficient (Wildman–Crippen LogP) is -0.643. The van der Waals surface area contributed by atoms with Crippen molar-refractivity contribution in [2.75, 3.05) is 26.9 Å². The van der Waals surface area contributed by atoms with E-state index in [-0.39, 0.29) is 12.1 Å². The Labute approximate surface area is 55.0 Å². The molecule has 0 aromatic heterocycles. The summed E-state index contributed by atoms with van der Waals surface area (Å²) in [5, 5.41) is 11.9. The van der Waals surface area contributed by atoms with Crippen LogP contribution in [-0.4, -0.2) is 37.5 Å². The molecule has 0 saturated carbocycles. The average molecular weight is 131 g/mol. The van der Waals surface area contributed by atoms with Crippen molar-refractivity contribution in [2.24, 2.45) is 0 Å². The molecule has 0 amide bonds. The molecule has 1 heterocycles. The number of nitrogens with one attached hydrogen (secondary N) is 1. The van der Waals surface area contributed by atoms with Gasteiger partial charge in [0.05, 0.1) is 18.8 Å². The number of aliphatic hydroxyl groups is 1. The molecule has 0 aromatic rings. The van der Waals surface area contributed by atoms with E-state index in [0.717, 1.165) is 13.0 Å². The summed E-state index contributed by atoms with van der Waals surface area (Å²) in [6.07, 6.45) is 0.917. The maximum absolute atomic E-state index is 8.87. The predicted molar refractivity (Wildman–Crippen MR) is 34.3 cm³/mol. The van der Waals surface area contributed by atoms with Gasteiger partial charge in [0.25, 0.3) is 0 Å². The van der Waals surface area contributed by atoms with E-state index in [1.54, 1.807) is 0 Å². The normalized spacial score (nSPS) is 35.3. The van der Waals surface area contributed by atoms with Crippen molar-refractivity contribution in [1.29, 1.82) is 0 Å². The summed E-state index contributed by atoms with van der Waals surface area (Å²) < 4.78 is 5.12. The topological polar surface area (TPSA) is 41.5 Å². The fraction of sp³-hybridized carbons (Fsp3) is 1.00. The molecule has 3 heteroatoms. The number of ether oxygens (including phenoxy) is 1. The Morgan fingerprint density at radius 2 is 2.56 bits per heavy atom. The molecular formula is C6H13NO2. The minimum absolute atomic E-state index is 0.139. The van der Waals surface area contributed by atoms with Gasteiger partial charge in [-0.25, -0.2) is 0 Å². The first-order valence-corrected chi connectivity index (χ1v) is 3.20. The first-order chi connectivity index (χ1) is 4.33. The Hall–Kier alpha value is -0.120. The molecule has 0 aromatic carbocycles. The Bertz CT molecular complexity index is 83.1. The van der Waals surface area contributed by atoms with E-state index in [9.17, 15) is 0 Å². The second-order valence-electron chi connectivity index (χ2n) is 2.49. The minimum Gasteiger partial charge on any atom is -0.394 e. The van der Waals surface area contributed by atoms with Gasteiger partial charge in [-0.05, 0) is 13.5 Å². The van der Waals surface area contributed by atoms with Crippen molar-refractivity contribution in [1.82, 2.24) is 5.32 Å². The zero-order valence-electron chi connectivity index (χ0n) is 5.68. The van der Waals surface area contributed by atoms with Gasteiger partial charge >= 0.3 is 0 Å². The van der Waals surface area contributed by atoms with Gasteiger partial charge in [-0.3, -0.25) is 0 Å². The molecule has 0 spiro atoms. The van der Waals surface area contributed by atoms with E-state index in [2.05, 4.69) is 5.32 Å². The lowest BCUT2D eigenvalue weighted by Crippen LogP contribution is -2.46. The van der Waals surface area contributed by atoms with Gasteiger partial charge in [-0.15, -0.1) is 0 Å². The lowest BCUT2D eigenvalue weighted by Gasteiger charge is -2.23. The number of rotatable bonds is 2. The SMILES string of the molecule is CN[C@@]1(CO)CCOC1. The third-order valence-corrected chi connectivity index (χ3v) is 1.94. The maximum Gasteiger partial charge on any atom is 0.0671 e. The van der Waals surface area contributed by atoms with Gasteiger partial charge in [0.1, 0.15) is 0 Å². The molecule has 2 N–H and O–H groups in total. The van der Waals surface area contributed by atoms with Crippen LogP contribution in [0.1, 0.15) is 6.42 Å². The number of aliphatic hydroxyl groups excluding tert-OH is 1. The summed E-state index contributed by atoms with van der Waals surface area (Å²) in [7, 11) is 1.85. The molecular weight excluding hydrogens is 118 g/mol. The van der Waals surface area contributed by atoms with Crippen LogP contribution in [0.3, 0.4) is 0 Å². The van der Waals surface area contributed by atoms with Crippen LogP contribution in [0.2, 0.25) is 0 Å². The van der Waals surface area contributed by atoms with Crippen LogP contribution >= 0.6 is 0 Å². The lowest BCUT2D eigenvalue weighted by molar-refractivity contribution is 0.126. The Morgan fingerprint density at radius 1 is 1.78 bits per heavy atom. The second kappa shape index (κ2) is 2.64. The lowest BCUT2D eigenvalue weighted by atomic mass is 10.0. The van der Waals surface area contributed by atoms with Crippen LogP contribution in [0.15, 0.2) is 0 Å². The van der Waals surface area contributed by atoms with Crippen LogP contribution < -0.4 is 5.32 Å². The van der Waals surface area contributed by atoms with E-state index < -0.39 is 0 Å². The average Bonchev–Trinajstić information content (AvgIpc) is 2.36. The smallest absolute Gasteiger partial charge is 0.0671 e. The van der Waals surface area contributed by atoms with Crippen molar-refractivity contribution < 1.29 is 9.84 Å². The third kappa shape index (κ3) is 1.23. The minimum atomic E-state index is -0.139. The highest BCUT2D eigenvalue weighted by molar-refractivity contribution is 4.89. The summed E-state index contributed by atoms with van der Waals surface area (Å²) >= 11 is 0. The molecule has 0 radical (unpaired) electrons. The third-order valence-electron chi connectivity index (χ3n) is 1.94. The van der Waals surface area contributed by atoms with Crippen molar-refractivity contribution >= 4 is 0 Å². The van der Waals surface area contributed by atoms with E-state index >= 15 is 0 Å². The van der Waals surface area contributed by atoms with E-state index in [1.807, 2.05) is 7.05 Å². The van der Waals surface area contributed by atoms with Crippen molar-refractivity contribution in [3.8, 4) is 0 Å². The Balaban J connectivity index is 2.45. The fourth-order valence-electron chi connectivity index (χ4n) is 1.01. The van der Waals surface area contributed by atoms with Crippen LogP contribution in [0.4, 0.5) is 0 Å². The van der Waals surface area contributed by atoms with Gasteiger partial charge in [0.15, 0.2) is 0 Å². The quantitative estimate of drug-likeness (QED) is 0.523. The molecule has 1 aliphatic heterocycles. The van der Waals surface area contributed by atoms with E-state index in [4.69, 9.17) is 9.84 Å². The monoisotopic (exact) mass is 131 g/mol. The van der Waals surface area contributed by atoms with E-state index in [1.165, 1.54) is 0 Å². The highest BCUT2D eigenvalue weighted by Crippen LogP contribution is 2.16. The van der Waals surface area contributed by atoms with Crippen molar-refractivity contribution in [2.45, 2.75) is 12.0 Å². The van der Waals surface area contributed by atoms with Gasteiger partial charge < -0.3 is 15.2 Å². The molecule has 0 unspecified atom stereocenters. The van der Waals surface area contributed by atoms with Gasteiger partial charge in [0, 0.05) is 6.61 Å². The first kappa shape index (κ1) is 6.99. The van der Waals surface area contributed by atoms with Crippen molar-refractivity contribution in [3.63, 3.8) is 0 Å². The molecule has 9 heavy (non-hydrogen) atoms. The fourth-order valence-corrected chi connectivity index (χ4v) is 1.01. The molecule has 1 atom stereocenters. The van der Waals surface area contributed by atoms with Crippen LogP contribution in [0.5, 0.6) is 0 Å². The van der Waals surface area contributed by atoms with Gasteiger partial charge in [-0.1, -0.05) is 0 Å². The summed E-state index contributed by atoms with van der Waals surface area (Å²) in [5.41, 5.74) is -0.139. The molecule has 3 nitrogen and oxygen atoms in total. The Kier molecular flexibility index (Phi) is 2.05. The van der Waals surface area contributed by atoms with Crippen LogP contribution in [-0.2, 0) is 4.74 Å². The molecule has 0 aliphatic carbocycles. The van der Waals surface area contributed by atoms with Crippen molar-refractivity contribution in [3.05, 3.63) is 0 Å². The number of likely N-dealkylation sites (N-methyl/N-ethyl adjacent to an activating group) is 1.